The number of nitrogens with one attached hydrogen (secondary N) is 1. The molecule has 3 aromatic rings. The van der Waals surface area contributed by atoms with Gasteiger partial charge in [-0.15, -0.1) is 0 Å². The average Bonchev–Trinajstić information content (AvgIpc) is 2.54. The number of aldehydes is 1. The van der Waals surface area contributed by atoms with Gasteiger partial charge < -0.3 is 10.4 Å². The summed E-state index contributed by atoms with van der Waals surface area (Å²) < 4.78 is 0. The van der Waals surface area contributed by atoms with Crippen molar-refractivity contribution in [1.82, 2.24) is 0 Å². The van der Waals surface area contributed by atoms with E-state index in [1.54, 1.807) is 30.3 Å². The lowest BCUT2D eigenvalue weighted by Gasteiger charge is -2.11. The second-order valence-electron chi connectivity index (χ2n) is 5.35. The Morgan fingerprint density at radius 3 is 2.61 bits per heavy atom. The number of carbonyl (C=O) groups excluding carboxylic acids is 2. The number of rotatable bonds is 3. The fourth-order valence-electron chi connectivity index (χ4n) is 2.58. The number of aryl methyl sites for hydroxylation is 1. The molecule has 114 valence electrons. The summed E-state index contributed by atoms with van der Waals surface area (Å²) in [5, 5.41) is 14.4. The fraction of sp³-hybridized carbons (Fsp3) is 0.0526. The monoisotopic (exact) mass is 305 g/mol. The van der Waals surface area contributed by atoms with Crippen molar-refractivity contribution in [2.45, 2.75) is 6.92 Å². The number of hydrogen-bond acceptors (Lipinski definition) is 3. The predicted octanol–water partition coefficient (Wildman–Crippen LogP) is 3.92. The molecule has 0 heterocycles. The molecule has 0 aliphatic heterocycles. The second-order valence-corrected chi connectivity index (χ2v) is 5.35. The number of phenolic OH excluding ortho intramolecular Hbond substituents is 1. The number of benzene rings is 3. The van der Waals surface area contributed by atoms with Crippen molar-refractivity contribution >= 4 is 28.7 Å². The van der Waals surface area contributed by atoms with Gasteiger partial charge in [-0.3, -0.25) is 9.59 Å². The van der Waals surface area contributed by atoms with E-state index in [2.05, 4.69) is 5.32 Å². The smallest absolute Gasteiger partial charge is 0.259 e. The van der Waals surface area contributed by atoms with E-state index in [0.717, 1.165) is 10.9 Å². The van der Waals surface area contributed by atoms with E-state index in [-0.39, 0.29) is 16.9 Å². The molecule has 3 aromatic carbocycles. The third kappa shape index (κ3) is 2.79. The SMILES string of the molecule is Cc1cccc(NC(=O)c2cc3ccccc3c(C=O)c2O)c1. The molecule has 0 fully saturated rings. The van der Waals surface area contributed by atoms with Gasteiger partial charge in [0.2, 0.25) is 0 Å². The van der Waals surface area contributed by atoms with E-state index in [4.69, 9.17) is 0 Å². The first kappa shape index (κ1) is 14.8. The number of aromatic hydroxyl groups is 1. The normalized spacial score (nSPS) is 10.5. The van der Waals surface area contributed by atoms with Crippen molar-refractivity contribution in [3.63, 3.8) is 0 Å². The molecule has 0 unspecified atom stereocenters. The van der Waals surface area contributed by atoms with Gasteiger partial charge in [-0.25, -0.2) is 0 Å². The highest BCUT2D eigenvalue weighted by molar-refractivity contribution is 6.12. The second kappa shape index (κ2) is 5.93. The Balaban J connectivity index is 2.07. The summed E-state index contributed by atoms with van der Waals surface area (Å²) in [6.45, 7) is 1.92. The maximum atomic E-state index is 12.5. The van der Waals surface area contributed by atoms with Gasteiger partial charge in [0.05, 0.1) is 11.1 Å². The van der Waals surface area contributed by atoms with Crippen molar-refractivity contribution in [3.05, 3.63) is 71.3 Å². The Labute approximate surface area is 133 Å². The maximum Gasteiger partial charge on any atom is 0.259 e. The topological polar surface area (TPSA) is 66.4 Å². The third-order valence-electron chi connectivity index (χ3n) is 3.70. The molecule has 0 radical (unpaired) electrons. The summed E-state index contributed by atoms with van der Waals surface area (Å²) in [7, 11) is 0. The van der Waals surface area contributed by atoms with Gasteiger partial charge in [0.25, 0.3) is 5.91 Å². The highest BCUT2D eigenvalue weighted by Crippen LogP contribution is 2.30. The molecule has 4 heteroatoms. The Hall–Kier alpha value is -3.14. The highest BCUT2D eigenvalue weighted by atomic mass is 16.3. The summed E-state index contributed by atoms with van der Waals surface area (Å²) in [5.74, 6) is -0.759. The van der Waals surface area contributed by atoms with Crippen molar-refractivity contribution in [3.8, 4) is 5.75 Å². The van der Waals surface area contributed by atoms with Gasteiger partial charge in [-0.1, -0.05) is 36.4 Å². The minimum Gasteiger partial charge on any atom is -0.506 e. The van der Waals surface area contributed by atoms with Crippen LogP contribution in [0.1, 0.15) is 26.3 Å². The molecule has 23 heavy (non-hydrogen) atoms. The van der Waals surface area contributed by atoms with Gasteiger partial charge in [-0.2, -0.15) is 0 Å². The molecule has 0 spiro atoms. The van der Waals surface area contributed by atoms with Gasteiger partial charge in [0.15, 0.2) is 6.29 Å². The number of carbonyl (C=O) groups is 2. The van der Waals surface area contributed by atoms with Gasteiger partial charge >= 0.3 is 0 Å². The van der Waals surface area contributed by atoms with Gasteiger partial charge in [0, 0.05) is 5.69 Å². The fourth-order valence-corrected chi connectivity index (χ4v) is 2.58. The standard InChI is InChI=1S/C19H15NO3/c1-12-5-4-7-14(9-12)20-19(23)16-10-13-6-2-3-8-15(13)17(11-21)18(16)22/h2-11,22H,1H3,(H,20,23). The van der Waals surface area contributed by atoms with Crippen LogP contribution in [0.5, 0.6) is 5.75 Å². The van der Waals surface area contributed by atoms with Crippen LogP contribution >= 0.6 is 0 Å². The average molecular weight is 305 g/mol. The van der Waals surface area contributed by atoms with Crippen molar-refractivity contribution in [2.24, 2.45) is 0 Å². The Bertz CT molecular complexity index is 916. The third-order valence-corrected chi connectivity index (χ3v) is 3.70. The molecule has 0 bridgehead atoms. The van der Waals surface area contributed by atoms with Crippen LogP contribution < -0.4 is 5.32 Å². The van der Waals surface area contributed by atoms with Crippen LogP contribution in [0.4, 0.5) is 5.69 Å². The summed E-state index contributed by atoms with van der Waals surface area (Å²) in [5.41, 5.74) is 1.85. The van der Waals surface area contributed by atoms with E-state index in [1.807, 2.05) is 31.2 Å². The lowest BCUT2D eigenvalue weighted by atomic mass is 9.99. The zero-order valence-electron chi connectivity index (χ0n) is 12.5. The van der Waals surface area contributed by atoms with Crippen LogP contribution in [0, 0.1) is 6.92 Å². The Morgan fingerprint density at radius 1 is 1.09 bits per heavy atom. The predicted molar refractivity (Wildman–Crippen MR) is 90.1 cm³/mol. The van der Waals surface area contributed by atoms with E-state index in [1.165, 1.54) is 0 Å². The molecule has 4 nitrogen and oxygen atoms in total. The molecule has 0 aliphatic carbocycles. The molecule has 0 saturated heterocycles. The first-order chi connectivity index (χ1) is 11.1. The van der Waals surface area contributed by atoms with E-state index in [0.29, 0.717) is 17.4 Å². The Morgan fingerprint density at radius 2 is 1.87 bits per heavy atom. The summed E-state index contributed by atoms with van der Waals surface area (Å²) in [4.78, 5) is 23.8. The maximum absolute atomic E-state index is 12.5. The molecule has 2 N–H and O–H groups in total. The van der Waals surface area contributed by atoms with Crippen LogP contribution in [-0.2, 0) is 0 Å². The van der Waals surface area contributed by atoms with E-state index >= 15 is 0 Å². The zero-order valence-corrected chi connectivity index (χ0v) is 12.5. The number of anilines is 1. The minimum absolute atomic E-state index is 0.0762. The van der Waals surface area contributed by atoms with Crippen LogP contribution in [-0.4, -0.2) is 17.3 Å². The number of amides is 1. The molecule has 0 atom stereocenters. The van der Waals surface area contributed by atoms with Crippen molar-refractivity contribution < 1.29 is 14.7 Å². The van der Waals surface area contributed by atoms with Crippen molar-refractivity contribution in [1.29, 1.82) is 0 Å². The molecule has 1 amide bonds. The number of fused-ring (bicyclic) bond motifs is 1. The number of hydrogen-bond donors (Lipinski definition) is 2. The largest absolute Gasteiger partial charge is 0.506 e. The molecular weight excluding hydrogens is 290 g/mol. The van der Waals surface area contributed by atoms with E-state index < -0.39 is 5.91 Å². The van der Waals surface area contributed by atoms with Gasteiger partial charge in [-0.05, 0) is 41.5 Å². The summed E-state index contributed by atoms with van der Waals surface area (Å²) >= 11 is 0. The summed E-state index contributed by atoms with van der Waals surface area (Å²) in [6, 6.07) is 16.1. The van der Waals surface area contributed by atoms with Crippen LogP contribution in [0.3, 0.4) is 0 Å². The zero-order chi connectivity index (χ0) is 16.4. The quantitative estimate of drug-likeness (QED) is 0.721. The first-order valence-electron chi connectivity index (χ1n) is 7.18. The highest BCUT2D eigenvalue weighted by Gasteiger charge is 2.17. The lowest BCUT2D eigenvalue weighted by molar-refractivity contribution is 0.102. The van der Waals surface area contributed by atoms with Crippen LogP contribution in [0.25, 0.3) is 10.8 Å². The molecule has 0 aromatic heterocycles. The molecular formula is C19H15NO3. The minimum atomic E-state index is -0.457. The molecule has 0 aliphatic rings. The molecule has 3 rings (SSSR count). The van der Waals surface area contributed by atoms with Crippen molar-refractivity contribution in [2.75, 3.05) is 5.32 Å². The number of phenols is 1. The van der Waals surface area contributed by atoms with E-state index in [9.17, 15) is 14.7 Å². The first-order valence-corrected chi connectivity index (χ1v) is 7.18. The molecule has 0 saturated carbocycles. The lowest BCUT2D eigenvalue weighted by Crippen LogP contribution is -2.13. The summed E-state index contributed by atoms with van der Waals surface area (Å²) in [6.07, 6.45) is 0.571. The Kier molecular flexibility index (Phi) is 3.81. The van der Waals surface area contributed by atoms with Crippen LogP contribution in [0.2, 0.25) is 0 Å². The van der Waals surface area contributed by atoms with Crippen LogP contribution in [0.15, 0.2) is 54.6 Å². The van der Waals surface area contributed by atoms with Gasteiger partial charge in [0.1, 0.15) is 5.75 Å².